The van der Waals surface area contributed by atoms with E-state index in [9.17, 15) is 0 Å². The molecule has 0 amide bonds. The van der Waals surface area contributed by atoms with Crippen molar-refractivity contribution < 1.29 is 0 Å². The molecule has 0 aromatic heterocycles. The molecule has 3 heteroatoms. The van der Waals surface area contributed by atoms with Crippen LogP contribution in [0.25, 0.3) is 0 Å². The molecule has 1 unspecified atom stereocenters. The summed E-state index contributed by atoms with van der Waals surface area (Å²) in [4.78, 5) is 0. The lowest BCUT2D eigenvalue weighted by Crippen LogP contribution is -2.30. The van der Waals surface area contributed by atoms with Crippen LogP contribution in [0.4, 0.5) is 0 Å². The first-order valence-corrected chi connectivity index (χ1v) is 8.78. The lowest BCUT2D eigenvalue weighted by molar-refractivity contribution is 0.438. The molecule has 1 aromatic carbocycles. The second-order valence-electron chi connectivity index (χ2n) is 5.01. The second kappa shape index (κ2) is 9.00. The van der Waals surface area contributed by atoms with Gasteiger partial charge < -0.3 is 5.32 Å². The molecule has 0 bridgehead atoms. The van der Waals surface area contributed by atoms with Gasteiger partial charge in [-0.2, -0.15) is 11.8 Å². The van der Waals surface area contributed by atoms with Crippen LogP contribution in [-0.4, -0.2) is 24.6 Å². The highest BCUT2D eigenvalue weighted by molar-refractivity contribution is 9.10. The van der Waals surface area contributed by atoms with Crippen molar-refractivity contribution in [1.29, 1.82) is 0 Å². The molecule has 18 heavy (non-hydrogen) atoms. The fourth-order valence-corrected chi connectivity index (χ4v) is 2.95. The fraction of sp³-hybridized carbons (Fsp3) is 0.600. The molecular formula is C15H24BrNS. The Morgan fingerprint density at radius 2 is 2.00 bits per heavy atom. The maximum absolute atomic E-state index is 3.65. The van der Waals surface area contributed by atoms with Gasteiger partial charge in [0, 0.05) is 10.5 Å². The Balaban J connectivity index is 2.56. The van der Waals surface area contributed by atoms with Crippen LogP contribution in [0, 0.1) is 5.92 Å². The Bertz CT molecular complexity index is 341. The smallest absolute Gasteiger partial charge is 0.0207 e. The van der Waals surface area contributed by atoms with Crippen molar-refractivity contribution in [2.45, 2.75) is 32.7 Å². The first kappa shape index (κ1) is 16.1. The van der Waals surface area contributed by atoms with Crippen LogP contribution in [-0.2, 0) is 6.42 Å². The number of nitrogens with one attached hydrogen (secondary N) is 1. The third-order valence-corrected chi connectivity index (χ3v) is 4.43. The molecular weight excluding hydrogens is 306 g/mol. The molecule has 0 spiro atoms. The van der Waals surface area contributed by atoms with Crippen LogP contribution in [0.1, 0.15) is 25.8 Å². The van der Waals surface area contributed by atoms with Crippen LogP contribution in [0.15, 0.2) is 28.7 Å². The summed E-state index contributed by atoms with van der Waals surface area (Å²) in [5, 5.41) is 3.57. The van der Waals surface area contributed by atoms with Crippen LogP contribution < -0.4 is 5.32 Å². The molecule has 1 aromatic rings. The summed E-state index contributed by atoms with van der Waals surface area (Å²) in [6.45, 7) is 5.54. The largest absolute Gasteiger partial charge is 0.314 e. The van der Waals surface area contributed by atoms with Crippen molar-refractivity contribution >= 4 is 27.7 Å². The Labute approximate surface area is 124 Å². The van der Waals surface area contributed by atoms with E-state index in [-0.39, 0.29) is 0 Å². The van der Waals surface area contributed by atoms with Gasteiger partial charge in [-0.05, 0) is 48.9 Å². The third-order valence-electron chi connectivity index (χ3n) is 3.01. The molecule has 1 nitrogen and oxygen atoms in total. The molecule has 1 atom stereocenters. The van der Waals surface area contributed by atoms with Gasteiger partial charge >= 0.3 is 0 Å². The lowest BCUT2D eigenvalue weighted by atomic mass is 9.96. The summed E-state index contributed by atoms with van der Waals surface area (Å²) in [6.07, 6.45) is 4.62. The van der Waals surface area contributed by atoms with E-state index in [0.29, 0.717) is 6.04 Å². The molecule has 1 rings (SSSR count). The number of rotatable bonds is 8. The predicted molar refractivity (Wildman–Crippen MR) is 87.5 cm³/mol. The first-order valence-electron chi connectivity index (χ1n) is 6.59. The van der Waals surface area contributed by atoms with Crippen LogP contribution in [0.2, 0.25) is 0 Å². The minimum absolute atomic E-state index is 0.570. The standard InChI is InChI=1S/C15H24BrNS/c1-12(2)17-11-13(8-9-18-3)10-14-6-4-5-7-15(14)16/h4-7,12-13,17H,8-11H2,1-3H3. The average Bonchev–Trinajstić information content (AvgIpc) is 2.35. The van der Waals surface area contributed by atoms with Crippen LogP contribution in [0.5, 0.6) is 0 Å². The van der Waals surface area contributed by atoms with Gasteiger partial charge in [-0.15, -0.1) is 0 Å². The van der Waals surface area contributed by atoms with E-state index in [4.69, 9.17) is 0 Å². The number of hydrogen-bond donors (Lipinski definition) is 1. The van der Waals surface area contributed by atoms with Crippen molar-refractivity contribution in [3.05, 3.63) is 34.3 Å². The second-order valence-corrected chi connectivity index (χ2v) is 6.85. The summed E-state index contributed by atoms with van der Waals surface area (Å²) in [5.41, 5.74) is 1.43. The first-order chi connectivity index (χ1) is 8.63. The molecule has 0 heterocycles. The lowest BCUT2D eigenvalue weighted by Gasteiger charge is -2.19. The fourth-order valence-electron chi connectivity index (χ4n) is 1.94. The van der Waals surface area contributed by atoms with E-state index in [2.05, 4.69) is 65.6 Å². The van der Waals surface area contributed by atoms with Gasteiger partial charge in [-0.1, -0.05) is 48.0 Å². The van der Waals surface area contributed by atoms with Crippen molar-refractivity contribution in [2.75, 3.05) is 18.6 Å². The molecule has 1 N–H and O–H groups in total. The Hall–Kier alpha value is 0.01000. The summed E-state index contributed by atoms with van der Waals surface area (Å²) in [6, 6.07) is 9.14. The average molecular weight is 330 g/mol. The molecule has 0 aliphatic heterocycles. The monoisotopic (exact) mass is 329 g/mol. The Kier molecular flexibility index (Phi) is 8.03. The van der Waals surface area contributed by atoms with E-state index >= 15 is 0 Å². The maximum atomic E-state index is 3.65. The summed E-state index contributed by atoms with van der Waals surface area (Å²) >= 11 is 5.59. The Morgan fingerprint density at radius 1 is 1.28 bits per heavy atom. The van der Waals surface area contributed by atoms with Crippen LogP contribution >= 0.6 is 27.7 Å². The highest BCUT2D eigenvalue weighted by Crippen LogP contribution is 2.21. The highest BCUT2D eigenvalue weighted by Gasteiger charge is 2.11. The minimum atomic E-state index is 0.570. The van der Waals surface area contributed by atoms with E-state index in [1.807, 2.05) is 11.8 Å². The van der Waals surface area contributed by atoms with E-state index in [0.717, 1.165) is 18.9 Å². The van der Waals surface area contributed by atoms with E-state index < -0.39 is 0 Å². The van der Waals surface area contributed by atoms with Crippen molar-refractivity contribution in [2.24, 2.45) is 5.92 Å². The summed E-state index contributed by atoms with van der Waals surface area (Å²) < 4.78 is 1.24. The molecule has 0 fully saturated rings. The minimum Gasteiger partial charge on any atom is -0.314 e. The van der Waals surface area contributed by atoms with Crippen molar-refractivity contribution in [3.63, 3.8) is 0 Å². The number of halogens is 1. The van der Waals surface area contributed by atoms with Gasteiger partial charge in [0.05, 0.1) is 0 Å². The van der Waals surface area contributed by atoms with Gasteiger partial charge in [0.2, 0.25) is 0 Å². The van der Waals surface area contributed by atoms with Gasteiger partial charge in [-0.3, -0.25) is 0 Å². The zero-order valence-electron chi connectivity index (χ0n) is 11.6. The maximum Gasteiger partial charge on any atom is 0.0207 e. The van der Waals surface area contributed by atoms with Gasteiger partial charge in [0.15, 0.2) is 0 Å². The molecule has 102 valence electrons. The molecule has 0 aliphatic rings. The topological polar surface area (TPSA) is 12.0 Å². The van der Waals surface area contributed by atoms with Crippen molar-refractivity contribution in [3.8, 4) is 0 Å². The number of thioether (sulfide) groups is 1. The molecule has 0 saturated heterocycles. The van der Waals surface area contributed by atoms with Crippen LogP contribution in [0.3, 0.4) is 0 Å². The molecule has 0 radical (unpaired) electrons. The Morgan fingerprint density at radius 3 is 2.61 bits per heavy atom. The van der Waals surface area contributed by atoms with E-state index in [1.165, 1.54) is 22.2 Å². The normalized spacial score (nSPS) is 12.9. The van der Waals surface area contributed by atoms with Crippen molar-refractivity contribution in [1.82, 2.24) is 5.32 Å². The summed E-state index contributed by atoms with van der Waals surface area (Å²) in [7, 11) is 0. The van der Waals surface area contributed by atoms with Gasteiger partial charge in [-0.25, -0.2) is 0 Å². The molecule has 0 saturated carbocycles. The molecule has 0 aliphatic carbocycles. The summed E-state index contributed by atoms with van der Waals surface area (Å²) in [5.74, 6) is 1.97. The van der Waals surface area contributed by atoms with Gasteiger partial charge in [0.25, 0.3) is 0 Å². The zero-order valence-corrected chi connectivity index (χ0v) is 14.0. The zero-order chi connectivity index (χ0) is 13.4. The third kappa shape index (κ3) is 6.26. The number of hydrogen-bond acceptors (Lipinski definition) is 2. The number of benzene rings is 1. The highest BCUT2D eigenvalue weighted by atomic mass is 79.9. The van der Waals surface area contributed by atoms with E-state index in [1.54, 1.807) is 0 Å². The van der Waals surface area contributed by atoms with Gasteiger partial charge in [0.1, 0.15) is 0 Å². The predicted octanol–water partition coefficient (Wildman–Crippen LogP) is 4.36. The quantitative estimate of drug-likeness (QED) is 0.760. The SMILES string of the molecule is CSCCC(CNC(C)C)Cc1ccccc1Br.